The monoisotopic (exact) mass is 329 g/mol. The Balaban J connectivity index is 2.02. The van der Waals surface area contributed by atoms with Crippen molar-refractivity contribution in [2.24, 2.45) is 0 Å². The minimum atomic E-state index is -3.99. The Bertz CT molecular complexity index is 550. The standard InChI is InChI=1S/C16H21F2NO4/c1-10(11-7-5-4-6-8-11)19-14(21)16(17,18)13(20)12-9-22-15(2,3)23-12/h4-8,10,12-13,20H,9H2,1-3H3,(H,19,21)/t10-,12?,13?/m1/s1. The van der Waals surface area contributed by atoms with E-state index in [2.05, 4.69) is 5.32 Å². The van der Waals surface area contributed by atoms with Crippen LogP contribution in [0.2, 0.25) is 0 Å². The van der Waals surface area contributed by atoms with Crippen molar-refractivity contribution in [2.75, 3.05) is 6.61 Å². The number of hydrogen-bond donors (Lipinski definition) is 2. The number of benzene rings is 1. The lowest BCUT2D eigenvalue weighted by molar-refractivity contribution is -0.195. The summed E-state index contributed by atoms with van der Waals surface area (Å²) < 4.78 is 38.7. The van der Waals surface area contributed by atoms with Crippen LogP contribution in [-0.2, 0) is 14.3 Å². The van der Waals surface area contributed by atoms with Gasteiger partial charge in [-0.3, -0.25) is 4.79 Å². The molecule has 0 bridgehead atoms. The van der Waals surface area contributed by atoms with E-state index in [1.54, 1.807) is 51.1 Å². The number of alkyl halides is 2. The third kappa shape index (κ3) is 4.04. The van der Waals surface area contributed by atoms with Crippen LogP contribution < -0.4 is 5.32 Å². The van der Waals surface area contributed by atoms with Gasteiger partial charge >= 0.3 is 5.92 Å². The molecule has 2 unspecified atom stereocenters. The first-order valence-electron chi connectivity index (χ1n) is 7.37. The zero-order chi connectivity index (χ0) is 17.3. The van der Waals surface area contributed by atoms with Gasteiger partial charge < -0.3 is 19.9 Å². The fourth-order valence-electron chi connectivity index (χ4n) is 2.36. The van der Waals surface area contributed by atoms with Crippen molar-refractivity contribution >= 4 is 5.91 Å². The minimum Gasteiger partial charge on any atom is -0.383 e. The van der Waals surface area contributed by atoms with Crippen molar-refractivity contribution in [1.29, 1.82) is 0 Å². The molecule has 1 saturated heterocycles. The first-order chi connectivity index (χ1) is 10.6. The summed E-state index contributed by atoms with van der Waals surface area (Å²) in [6.45, 7) is 4.49. The summed E-state index contributed by atoms with van der Waals surface area (Å²) in [5.41, 5.74) is 0.688. The molecule has 1 amide bonds. The summed E-state index contributed by atoms with van der Waals surface area (Å²) in [4.78, 5) is 11.9. The average Bonchev–Trinajstić information content (AvgIpc) is 2.87. The van der Waals surface area contributed by atoms with E-state index in [0.29, 0.717) is 5.56 Å². The van der Waals surface area contributed by atoms with Gasteiger partial charge in [0.1, 0.15) is 6.10 Å². The molecule has 5 nitrogen and oxygen atoms in total. The van der Waals surface area contributed by atoms with E-state index in [1.807, 2.05) is 0 Å². The summed E-state index contributed by atoms with van der Waals surface area (Å²) in [7, 11) is 0. The summed E-state index contributed by atoms with van der Waals surface area (Å²) in [6.07, 6.45) is -3.55. The maximum absolute atomic E-state index is 14.2. The highest BCUT2D eigenvalue weighted by molar-refractivity contribution is 5.84. The molecule has 1 aromatic carbocycles. The van der Waals surface area contributed by atoms with Gasteiger partial charge in [-0.25, -0.2) is 0 Å². The van der Waals surface area contributed by atoms with Gasteiger partial charge in [0.05, 0.1) is 12.6 Å². The molecule has 128 valence electrons. The number of carbonyl (C=O) groups excluding carboxylic acids is 1. The quantitative estimate of drug-likeness (QED) is 0.867. The number of amides is 1. The molecular formula is C16H21F2NO4. The van der Waals surface area contributed by atoms with Crippen LogP contribution in [0.5, 0.6) is 0 Å². The number of aliphatic hydroxyl groups excluding tert-OH is 1. The van der Waals surface area contributed by atoms with Gasteiger partial charge in [-0.1, -0.05) is 30.3 Å². The number of hydrogen-bond acceptors (Lipinski definition) is 4. The second-order valence-electron chi connectivity index (χ2n) is 6.04. The maximum atomic E-state index is 14.2. The van der Waals surface area contributed by atoms with E-state index in [0.717, 1.165) is 0 Å². The Morgan fingerprint density at radius 2 is 2.00 bits per heavy atom. The Hall–Kier alpha value is -1.57. The predicted molar refractivity (Wildman–Crippen MR) is 78.9 cm³/mol. The molecule has 0 spiro atoms. The van der Waals surface area contributed by atoms with Crippen LogP contribution in [0.25, 0.3) is 0 Å². The second kappa shape index (κ2) is 6.51. The Morgan fingerprint density at radius 1 is 1.39 bits per heavy atom. The summed E-state index contributed by atoms with van der Waals surface area (Å²) in [5.74, 6) is -6.60. The molecule has 2 rings (SSSR count). The van der Waals surface area contributed by atoms with Gasteiger partial charge in [0.25, 0.3) is 5.91 Å². The predicted octanol–water partition coefficient (Wildman–Crippen LogP) is 2.01. The highest BCUT2D eigenvalue weighted by Crippen LogP contribution is 2.31. The van der Waals surface area contributed by atoms with E-state index < -0.39 is 35.9 Å². The number of rotatable bonds is 5. The van der Waals surface area contributed by atoms with Crippen LogP contribution in [0.3, 0.4) is 0 Å². The average molecular weight is 329 g/mol. The van der Waals surface area contributed by atoms with Crippen molar-refractivity contribution < 1.29 is 28.2 Å². The van der Waals surface area contributed by atoms with Crippen LogP contribution >= 0.6 is 0 Å². The number of nitrogens with one attached hydrogen (secondary N) is 1. The van der Waals surface area contributed by atoms with Gasteiger partial charge in [0, 0.05) is 0 Å². The number of carbonyl (C=O) groups is 1. The molecule has 1 aliphatic heterocycles. The largest absolute Gasteiger partial charge is 0.383 e. The van der Waals surface area contributed by atoms with Gasteiger partial charge in [-0.2, -0.15) is 8.78 Å². The molecule has 0 saturated carbocycles. The molecule has 1 heterocycles. The Morgan fingerprint density at radius 3 is 2.52 bits per heavy atom. The molecule has 1 aromatic rings. The smallest absolute Gasteiger partial charge is 0.352 e. The molecule has 3 atom stereocenters. The SMILES string of the molecule is C[C@@H](NC(=O)C(F)(F)C(O)C1COC(C)(C)O1)c1ccccc1. The lowest BCUT2D eigenvalue weighted by Crippen LogP contribution is -2.54. The van der Waals surface area contributed by atoms with Gasteiger partial charge in [0.2, 0.25) is 0 Å². The molecule has 2 N–H and O–H groups in total. The fraction of sp³-hybridized carbons (Fsp3) is 0.562. The molecule has 1 fully saturated rings. The van der Waals surface area contributed by atoms with Crippen molar-refractivity contribution in [3.05, 3.63) is 35.9 Å². The third-order valence-electron chi connectivity index (χ3n) is 3.70. The lowest BCUT2D eigenvalue weighted by Gasteiger charge is -2.27. The van der Waals surface area contributed by atoms with Crippen LogP contribution in [0, 0.1) is 0 Å². The Kier molecular flexibility index (Phi) is 5.03. The van der Waals surface area contributed by atoms with E-state index in [1.165, 1.54) is 0 Å². The van der Waals surface area contributed by atoms with Gasteiger partial charge in [-0.05, 0) is 26.3 Å². The number of halogens is 2. The van der Waals surface area contributed by atoms with Crippen LogP contribution in [0.4, 0.5) is 8.78 Å². The summed E-state index contributed by atoms with van der Waals surface area (Å²) in [6, 6.07) is 8.11. The maximum Gasteiger partial charge on any atom is 0.352 e. The van der Waals surface area contributed by atoms with Crippen LogP contribution in [0.15, 0.2) is 30.3 Å². The molecule has 23 heavy (non-hydrogen) atoms. The van der Waals surface area contributed by atoms with E-state index >= 15 is 0 Å². The zero-order valence-electron chi connectivity index (χ0n) is 13.3. The van der Waals surface area contributed by atoms with Crippen LogP contribution in [-0.4, -0.2) is 41.5 Å². The molecular weight excluding hydrogens is 308 g/mol. The van der Waals surface area contributed by atoms with Crippen molar-refractivity contribution in [3.8, 4) is 0 Å². The second-order valence-corrected chi connectivity index (χ2v) is 6.04. The van der Waals surface area contributed by atoms with Gasteiger partial charge in [-0.15, -0.1) is 0 Å². The summed E-state index contributed by atoms with van der Waals surface area (Å²) >= 11 is 0. The summed E-state index contributed by atoms with van der Waals surface area (Å²) in [5, 5.41) is 12.1. The fourth-order valence-corrected chi connectivity index (χ4v) is 2.36. The molecule has 0 radical (unpaired) electrons. The molecule has 0 aromatic heterocycles. The topological polar surface area (TPSA) is 67.8 Å². The van der Waals surface area contributed by atoms with E-state index in [9.17, 15) is 18.7 Å². The third-order valence-corrected chi connectivity index (χ3v) is 3.70. The normalized spacial score (nSPS) is 23.3. The highest BCUT2D eigenvalue weighted by atomic mass is 19.3. The minimum absolute atomic E-state index is 0.203. The molecule has 7 heteroatoms. The molecule has 0 aliphatic carbocycles. The highest BCUT2D eigenvalue weighted by Gasteiger charge is 2.53. The first-order valence-corrected chi connectivity index (χ1v) is 7.37. The van der Waals surface area contributed by atoms with Crippen molar-refractivity contribution in [1.82, 2.24) is 5.32 Å². The van der Waals surface area contributed by atoms with Crippen molar-refractivity contribution in [2.45, 2.75) is 50.7 Å². The number of ether oxygens (including phenoxy) is 2. The number of aliphatic hydroxyl groups is 1. The lowest BCUT2D eigenvalue weighted by atomic mass is 10.0. The van der Waals surface area contributed by atoms with Crippen LogP contribution in [0.1, 0.15) is 32.4 Å². The first kappa shape index (κ1) is 17.8. The van der Waals surface area contributed by atoms with Gasteiger partial charge in [0.15, 0.2) is 11.9 Å². The Labute approximate surface area is 133 Å². The zero-order valence-corrected chi connectivity index (χ0v) is 13.3. The van der Waals surface area contributed by atoms with Crippen molar-refractivity contribution in [3.63, 3.8) is 0 Å². The molecule has 1 aliphatic rings. The van der Waals surface area contributed by atoms with E-state index in [-0.39, 0.29) is 6.61 Å². The van der Waals surface area contributed by atoms with E-state index in [4.69, 9.17) is 9.47 Å².